The Morgan fingerprint density at radius 2 is 2.50 bits per heavy atom. The molecule has 4 nitrogen and oxygen atoms in total. The third-order valence-corrected chi connectivity index (χ3v) is 1.67. The zero-order valence-corrected chi connectivity index (χ0v) is 8.04. The zero-order chi connectivity index (χ0) is 8.97. The molecule has 0 fully saturated rings. The van der Waals surface area contributed by atoms with Gasteiger partial charge in [0.2, 0.25) is 0 Å². The van der Waals surface area contributed by atoms with Gasteiger partial charge in [-0.25, -0.2) is 4.98 Å². The molecule has 5 heteroatoms. The van der Waals surface area contributed by atoms with E-state index in [0.717, 1.165) is 12.4 Å². The molecular formula is C7H13ClN4. The molecule has 0 aliphatic heterocycles. The number of aromatic nitrogens is 3. The van der Waals surface area contributed by atoms with Crippen molar-refractivity contribution in [2.75, 3.05) is 6.54 Å². The van der Waals surface area contributed by atoms with E-state index in [4.69, 9.17) is 11.6 Å². The summed E-state index contributed by atoms with van der Waals surface area (Å²) in [6.45, 7) is 3.45. The van der Waals surface area contributed by atoms with Crippen molar-refractivity contribution in [2.24, 2.45) is 7.05 Å². The summed E-state index contributed by atoms with van der Waals surface area (Å²) < 4.78 is 1.74. The molecule has 1 unspecified atom stereocenters. The summed E-state index contributed by atoms with van der Waals surface area (Å²) in [5.74, 6) is 0.923. The minimum atomic E-state index is 0.151. The van der Waals surface area contributed by atoms with E-state index in [-0.39, 0.29) is 5.38 Å². The minimum Gasteiger partial charge on any atom is -0.308 e. The van der Waals surface area contributed by atoms with Crippen LogP contribution >= 0.6 is 11.6 Å². The van der Waals surface area contributed by atoms with E-state index in [2.05, 4.69) is 15.4 Å². The van der Waals surface area contributed by atoms with Crippen LogP contribution in [0, 0.1) is 0 Å². The average Bonchev–Trinajstić information content (AvgIpc) is 2.36. The van der Waals surface area contributed by atoms with Crippen molar-refractivity contribution in [1.29, 1.82) is 0 Å². The van der Waals surface area contributed by atoms with Gasteiger partial charge in [0.25, 0.3) is 0 Å². The predicted octanol–water partition coefficient (Wildman–Crippen LogP) is 0.532. The van der Waals surface area contributed by atoms with Crippen LogP contribution in [0.25, 0.3) is 0 Å². The number of rotatable bonds is 4. The average molecular weight is 189 g/mol. The molecule has 0 saturated carbocycles. The van der Waals surface area contributed by atoms with E-state index in [9.17, 15) is 0 Å². The summed E-state index contributed by atoms with van der Waals surface area (Å²) in [4.78, 5) is 4.06. The van der Waals surface area contributed by atoms with Gasteiger partial charge in [-0.3, -0.25) is 4.68 Å². The monoisotopic (exact) mass is 188 g/mol. The van der Waals surface area contributed by atoms with Crippen LogP contribution in [0.2, 0.25) is 0 Å². The van der Waals surface area contributed by atoms with Gasteiger partial charge in [-0.2, -0.15) is 5.10 Å². The molecule has 1 atom stereocenters. The van der Waals surface area contributed by atoms with Crippen molar-refractivity contribution in [3.8, 4) is 0 Å². The molecule has 1 N–H and O–H groups in total. The Labute approximate surface area is 76.9 Å². The van der Waals surface area contributed by atoms with E-state index in [1.165, 1.54) is 0 Å². The summed E-state index contributed by atoms with van der Waals surface area (Å²) in [5.41, 5.74) is 0. The summed E-state index contributed by atoms with van der Waals surface area (Å²) >= 11 is 5.75. The third kappa shape index (κ3) is 2.79. The lowest BCUT2D eigenvalue weighted by Gasteiger charge is -2.04. The third-order valence-electron chi connectivity index (χ3n) is 1.51. The Morgan fingerprint density at radius 1 is 1.75 bits per heavy atom. The van der Waals surface area contributed by atoms with Gasteiger partial charge >= 0.3 is 0 Å². The molecule has 0 radical (unpaired) electrons. The summed E-state index contributed by atoms with van der Waals surface area (Å²) in [6.07, 6.45) is 1.54. The smallest absolute Gasteiger partial charge is 0.140 e. The van der Waals surface area contributed by atoms with Crippen LogP contribution in [0.5, 0.6) is 0 Å². The molecule has 1 rings (SSSR count). The van der Waals surface area contributed by atoms with E-state index in [1.54, 1.807) is 11.0 Å². The van der Waals surface area contributed by atoms with Crippen LogP contribution < -0.4 is 5.32 Å². The van der Waals surface area contributed by atoms with Gasteiger partial charge in [0.05, 0.1) is 6.54 Å². The van der Waals surface area contributed by atoms with E-state index in [0.29, 0.717) is 6.54 Å². The number of hydrogen-bond acceptors (Lipinski definition) is 3. The molecule has 0 aliphatic carbocycles. The molecule has 0 aromatic carbocycles. The van der Waals surface area contributed by atoms with Crippen LogP contribution in [0.15, 0.2) is 6.33 Å². The van der Waals surface area contributed by atoms with Crippen LogP contribution in [-0.4, -0.2) is 26.7 Å². The highest BCUT2D eigenvalue weighted by Gasteiger charge is 2.00. The van der Waals surface area contributed by atoms with Gasteiger partial charge in [-0.1, -0.05) is 0 Å². The van der Waals surface area contributed by atoms with Crippen LogP contribution in [0.4, 0.5) is 0 Å². The fraction of sp³-hybridized carbons (Fsp3) is 0.714. The van der Waals surface area contributed by atoms with E-state index in [1.807, 2.05) is 14.0 Å². The maximum atomic E-state index is 5.75. The van der Waals surface area contributed by atoms with Gasteiger partial charge in [-0.15, -0.1) is 11.6 Å². The predicted molar refractivity (Wildman–Crippen MR) is 48.0 cm³/mol. The summed E-state index contributed by atoms with van der Waals surface area (Å²) in [5, 5.41) is 7.27. The van der Waals surface area contributed by atoms with E-state index < -0.39 is 0 Å². The standard InChI is InChI=1S/C7H13ClN4/c1-6(8)3-9-4-7-10-5-11-12(7)2/h5-6,9H,3-4H2,1-2H3. The Kier molecular flexibility index (Phi) is 3.49. The van der Waals surface area contributed by atoms with Crippen LogP contribution in [0.3, 0.4) is 0 Å². The second kappa shape index (κ2) is 4.42. The number of hydrogen-bond donors (Lipinski definition) is 1. The van der Waals surface area contributed by atoms with Crippen molar-refractivity contribution in [3.63, 3.8) is 0 Å². The Balaban J connectivity index is 2.29. The maximum Gasteiger partial charge on any atom is 0.140 e. The minimum absolute atomic E-state index is 0.151. The number of nitrogens with zero attached hydrogens (tertiary/aromatic N) is 3. The molecular weight excluding hydrogens is 176 g/mol. The summed E-state index contributed by atoms with van der Waals surface area (Å²) in [6, 6.07) is 0. The van der Waals surface area contributed by atoms with Gasteiger partial charge < -0.3 is 5.32 Å². The van der Waals surface area contributed by atoms with Crippen molar-refractivity contribution < 1.29 is 0 Å². The van der Waals surface area contributed by atoms with Gasteiger partial charge in [0, 0.05) is 19.0 Å². The molecule has 1 aromatic rings. The first-order valence-electron chi connectivity index (χ1n) is 3.88. The zero-order valence-electron chi connectivity index (χ0n) is 7.29. The molecule has 0 spiro atoms. The van der Waals surface area contributed by atoms with Crippen molar-refractivity contribution in [1.82, 2.24) is 20.1 Å². The highest BCUT2D eigenvalue weighted by Crippen LogP contribution is 1.92. The second-order valence-electron chi connectivity index (χ2n) is 2.71. The lowest BCUT2D eigenvalue weighted by atomic mass is 10.4. The van der Waals surface area contributed by atoms with Crippen molar-refractivity contribution in [2.45, 2.75) is 18.8 Å². The molecule has 0 bridgehead atoms. The Bertz CT molecular complexity index is 233. The quantitative estimate of drug-likeness (QED) is 0.702. The van der Waals surface area contributed by atoms with Crippen molar-refractivity contribution >= 4 is 11.6 Å². The molecule has 0 aliphatic rings. The van der Waals surface area contributed by atoms with Crippen molar-refractivity contribution in [3.05, 3.63) is 12.2 Å². The Hall–Kier alpha value is -0.610. The molecule has 68 valence electrons. The fourth-order valence-electron chi connectivity index (χ4n) is 0.863. The first kappa shape index (κ1) is 9.48. The topological polar surface area (TPSA) is 42.7 Å². The number of nitrogens with one attached hydrogen (secondary N) is 1. The van der Waals surface area contributed by atoms with Gasteiger partial charge in [0.15, 0.2) is 0 Å². The SMILES string of the molecule is CC(Cl)CNCc1ncnn1C. The number of aryl methyl sites for hydroxylation is 1. The molecule has 12 heavy (non-hydrogen) atoms. The maximum absolute atomic E-state index is 5.75. The summed E-state index contributed by atoms with van der Waals surface area (Å²) in [7, 11) is 1.87. The lowest BCUT2D eigenvalue weighted by molar-refractivity contribution is 0.611. The normalized spacial score (nSPS) is 13.2. The lowest BCUT2D eigenvalue weighted by Crippen LogP contribution is -2.22. The number of alkyl halides is 1. The number of halogens is 1. The van der Waals surface area contributed by atoms with Crippen LogP contribution in [-0.2, 0) is 13.6 Å². The molecule has 0 amide bonds. The molecule has 1 heterocycles. The second-order valence-corrected chi connectivity index (χ2v) is 3.46. The van der Waals surface area contributed by atoms with Gasteiger partial charge in [0.1, 0.15) is 12.2 Å². The molecule has 0 saturated heterocycles. The first-order valence-corrected chi connectivity index (χ1v) is 4.31. The first-order chi connectivity index (χ1) is 5.70. The highest BCUT2D eigenvalue weighted by atomic mass is 35.5. The molecule has 1 aromatic heterocycles. The van der Waals surface area contributed by atoms with Gasteiger partial charge in [-0.05, 0) is 6.92 Å². The fourth-order valence-corrected chi connectivity index (χ4v) is 0.972. The Morgan fingerprint density at radius 3 is 3.00 bits per heavy atom. The highest BCUT2D eigenvalue weighted by molar-refractivity contribution is 6.20. The van der Waals surface area contributed by atoms with Crippen LogP contribution in [0.1, 0.15) is 12.7 Å². The largest absolute Gasteiger partial charge is 0.308 e. The van der Waals surface area contributed by atoms with E-state index >= 15 is 0 Å².